The number of cyclic esters (lactones) is 1. The molecule has 0 aromatic heterocycles. The van der Waals surface area contributed by atoms with Crippen molar-refractivity contribution in [2.45, 2.75) is 175 Å². The third kappa shape index (κ3) is 17.2. The van der Waals surface area contributed by atoms with Gasteiger partial charge in [0.05, 0.1) is 19.1 Å². The molecule has 1 heterocycles. The van der Waals surface area contributed by atoms with E-state index in [2.05, 4.69) is 33.5 Å². The number of aliphatic hydroxyl groups is 2. The van der Waals surface area contributed by atoms with Crippen molar-refractivity contribution in [1.29, 1.82) is 0 Å². The predicted octanol–water partition coefficient (Wildman–Crippen LogP) is 2.38. The normalized spacial score (nSPS) is 26.1. The quantitative estimate of drug-likeness (QED) is 0.0918. The van der Waals surface area contributed by atoms with Crippen LogP contribution in [0.2, 0.25) is 0 Å². The summed E-state index contributed by atoms with van der Waals surface area (Å²) >= 11 is 0. The fourth-order valence-electron chi connectivity index (χ4n) is 5.95. The van der Waals surface area contributed by atoms with Crippen molar-refractivity contribution in [2.75, 3.05) is 6.61 Å². The molecule has 14 nitrogen and oxygen atoms in total. The van der Waals surface area contributed by atoms with Gasteiger partial charge in [0, 0.05) is 0 Å². The van der Waals surface area contributed by atoms with Crippen LogP contribution in [0.5, 0.6) is 0 Å². The standard InChI is InChI=1S/C37H67N5O9/c1-9-11-12-13-14-15-16-17-26-20-30(45)38-27(18-22(3)4)33(46)40-29(21-43)35(48)42-32(25(8)44)36(49)39-28(19-23(5)6)34(47)41-31(24(7)10-2)37(50)51-26/h22-29,31-32,43-44H,9-21H2,1-8H3,(H,38,45)(H,39,49)(H,40,46)(H,41,47)(H,42,48). The van der Waals surface area contributed by atoms with E-state index in [1.54, 1.807) is 6.92 Å². The summed E-state index contributed by atoms with van der Waals surface area (Å²) in [6, 6.07) is -6.39. The van der Waals surface area contributed by atoms with Crippen LogP contribution < -0.4 is 26.6 Å². The van der Waals surface area contributed by atoms with Crippen LogP contribution >= 0.6 is 0 Å². The highest BCUT2D eigenvalue weighted by atomic mass is 16.5. The first-order valence-electron chi connectivity index (χ1n) is 19.0. The number of amides is 5. The predicted molar refractivity (Wildman–Crippen MR) is 194 cm³/mol. The Balaban J connectivity index is 3.59. The second-order valence-corrected chi connectivity index (χ2v) is 15.0. The minimum absolute atomic E-state index is 0.0487. The summed E-state index contributed by atoms with van der Waals surface area (Å²) in [4.78, 5) is 81.1. The van der Waals surface area contributed by atoms with Crippen molar-refractivity contribution < 1.29 is 43.7 Å². The number of nitrogens with one attached hydrogen (secondary N) is 5. The monoisotopic (exact) mass is 725 g/mol. The molecular weight excluding hydrogens is 658 g/mol. The summed E-state index contributed by atoms with van der Waals surface area (Å²) in [5.74, 6) is -4.93. The van der Waals surface area contributed by atoms with Crippen molar-refractivity contribution in [3.05, 3.63) is 0 Å². The zero-order valence-electron chi connectivity index (χ0n) is 32.2. The minimum Gasteiger partial charge on any atom is -0.460 e. The van der Waals surface area contributed by atoms with Crippen LogP contribution in [0.3, 0.4) is 0 Å². The molecule has 0 aromatic carbocycles. The third-order valence-corrected chi connectivity index (χ3v) is 9.17. The lowest BCUT2D eigenvalue weighted by atomic mass is 9.97. The highest BCUT2D eigenvalue weighted by Crippen LogP contribution is 2.18. The third-order valence-electron chi connectivity index (χ3n) is 9.17. The van der Waals surface area contributed by atoms with E-state index in [4.69, 9.17) is 4.74 Å². The Bertz CT molecular complexity index is 1120. The Hall–Kier alpha value is -3.26. The van der Waals surface area contributed by atoms with Gasteiger partial charge in [-0.25, -0.2) is 4.79 Å². The molecule has 0 spiro atoms. The molecule has 0 aromatic rings. The zero-order valence-corrected chi connectivity index (χ0v) is 32.2. The Kier molecular flexibility index (Phi) is 21.6. The number of hydrogen-bond donors (Lipinski definition) is 7. The highest BCUT2D eigenvalue weighted by Gasteiger charge is 2.37. The van der Waals surface area contributed by atoms with Crippen LogP contribution in [0.4, 0.5) is 0 Å². The summed E-state index contributed by atoms with van der Waals surface area (Å²) < 4.78 is 5.97. The second kappa shape index (κ2) is 24.1. The molecule has 1 saturated heterocycles. The van der Waals surface area contributed by atoms with Gasteiger partial charge in [0.2, 0.25) is 29.5 Å². The minimum atomic E-state index is -1.55. The topological polar surface area (TPSA) is 212 Å². The van der Waals surface area contributed by atoms with Gasteiger partial charge in [0.1, 0.15) is 36.3 Å². The number of rotatable bonds is 16. The van der Waals surface area contributed by atoms with E-state index in [1.165, 1.54) is 13.3 Å². The molecular formula is C37H67N5O9. The first-order chi connectivity index (χ1) is 24.0. The van der Waals surface area contributed by atoms with Crippen LogP contribution in [-0.2, 0) is 33.5 Å². The molecule has 0 radical (unpaired) electrons. The van der Waals surface area contributed by atoms with Crippen LogP contribution in [0.15, 0.2) is 0 Å². The lowest BCUT2D eigenvalue weighted by Gasteiger charge is -2.29. The number of aliphatic hydroxyl groups excluding tert-OH is 2. The molecule has 0 aliphatic carbocycles. The van der Waals surface area contributed by atoms with Gasteiger partial charge in [-0.05, 0) is 50.4 Å². The molecule has 14 heteroatoms. The van der Waals surface area contributed by atoms with E-state index in [1.807, 2.05) is 34.6 Å². The zero-order chi connectivity index (χ0) is 38.7. The summed E-state index contributed by atoms with van der Waals surface area (Å²) in [6.07, 6.45) is 5.93. The number of carbonyl (C=O) groups excluding carboxylic acids is 6. The van der Waals surface area contributed by atoms with Crippen molar-refractivity contribution >= 4 is 35.5 Å². The maximum atomic E-state index is 13.8. The van der Waals surface area contributed by atoms with Crippen molar-refractivity contribution in [2.24, 2.45) is 17.8 Å². The van der Waals surface area contributed by atoms with Crippen molar-refractivity contribution in [3.8, 4) is 0 Å². The van der Waals surface area contributed by atoms with Gasteiger partial charge >= 0.3 is 5.97 Å². The van der Waals surface area contributed by atoms with Gasteiger partial charge in [-0.1, -0.05) is 93.4 Å². The molecule has 0 bridgehead atoms. The Labute approximate surface area is 304 Å². The summed E-state index contributed by atoms with van der Waals surface area (Å²) in [6.45, 7) is 13.7. The van der Waals surface area contributed by atoms with Crippen molar-refractivity contribution in [3.63, 3.8) is 0 Å². The van der Waals surface area contributed by atoms with Gasteiger partial charge in [-0.15, -0.1) is 0 Å². The molecule has 5 amide bonds. The van der Waals surface area contributed by atoms with E-state index in [-0.39, 0.29) is 37.0 Å². The molecule has 7 N–H and O–H groups in total. The molecule has 8 unspecified atom stereocenters. The SMILES string of the molecule is CCCCCCCCCC1CC(=O)NC(CC(C)C)C(=O)NC(CO)C(=O)NC(C(C)O)C(=O)NC(CC(C)C)C(=O)NC(C(C)CC)C(=O)O1. The molecule has 1 aliphatic heterocycles. The molecule has 51 heavy (non-hydrogen) atoms. The average Bonchev–Trinajstić information content (AvgIpc) is 3.05. The number of unbranched alkanes of at least 4 members (excludes halogenated alkanes) is 6. The maximum Gasteiger partial charge on any atom is 0.329 e. The summed E-state index contributed by atoms with van der Waals surface area (Å²) in [5, 5.41) is 33.4. The summed E-state index contributed by atoms with van der Waals surface area (Å²) in [5.41, 5.74) is 0. The van der Waals surface area contributed by atoms with Crippen LogP contribution in [0.25, 0.3) is 0 Å². The average molecular weight is 726 g/mol. The second-order valence-electron chi connectivity index (χ2n) is 15.0. The molecule has 1 fully saturated rings. The fraction of sp³-hybridized carbons (Fsp3) is 0.838. The molecule has 294 valence electrons. The lowest BCUT2D eigenvalue weighted by molar-refractivity contribution is -0.156. The van der Waals surface area contributed by atoms with Crippen molar-refractivity contribution in [1.82, 2.24) is 26.6 Å². The molecule has 8 atom stereocenters. The van der Waals surface area contributed by atoms with E-state index in [0.717, 1.165) is 32.1 Å². The fourth-order valence-corrected chi connectivity index (χ4v) is 5.95. The van der Waals surface area contributed by atoms with E-state index in [0.29, 0.717) is 19.3 Å². The van der Waals surface area contributed by atoms with Crippen LogP contribution in [0, 0.1) is 17.8 Å². The highest BCUT2D eigenvalue weighted by molar-refractivity contribution is 5.96. The van der Waals surface area contributed by atoms with Crippen LogP contribution in [0.1, 0.15) is 132 Å². The van der Waals surface area contributed by atoms with E-state index >= 15 is 0 Å². The van der Waals surface area contributed by atoms with Gasteiger partial charge in [-0.3, -0.25) is 24.0 Å². The Morgan fingerprint density at radius 1 is 0.647 bits per heavy atom. The lowest BCUT2D eigenvalue weighted by Crippen LogP contribution is -2.62. The van der Waals surface area contributed by atoms with E-state index < -0.39 is 84.5 Å². The number of carbonyl (C=O) groups is 6. The largest absolute Gasteiger partial charge is 0.460 e. The van der Waals surface area contributed by atoms with Gasteiger partial charge in [-0.2, -0.15) is 0 Å². The van der Waals surface area contributed by atoms with Crippen LogP contribution in [-0.4, -0.2) is 94.7 Å². The van der Waals surface area contributed by atoms with E-state index in [9.17, 15) is 39.0 Å². The number of ether oxygens (including phenoxy) is 1. The van der Waals surface area contributed by atoms with Gasteiger partial charge < -0.3 is 41.5 Å². The maximum absolute atomic E-state index is 13.8. The number of hydrogen-bond acceptors (Lipinski definition) is 9. The Morgan fingerprint density at radius 3 is 1.67 bits per heavy atom. The molecule has 1 aliphatic rings. The van der Waals surface area contributed by atoms with Gasteiger partial charge in [0.25, 0.3) is 0 Å². The first kappa shape index (κ1) is 45.8. The van der Waals surface area contributed by atoms with Gasteiger partial charge in [0.15, 0.2) is 0 Å². The molecule has 0 saturated carbocycles. The first-order valence-corrected chi connectivity index (χ1v) is 19.0. The molecule has 1 rings (SSSR count). The summed E-state index contributed by atoms with van der Waals surface area (Å²) in [7, 11) is 0. The number of esters is 1. The Morgan fingerprint density at radius 2 is 1.14 bits per heavy atom. The smallest absolute Gasteiger partial charge is 0.329 e.